The highest BCUT2D eigenvalue weighted by Gasteiger charge is 2.56. The van der Waals surface area contributed by atoms with Crippen LogP contribution in [-0.4, -0.2) is 32.8 Å². The van der Waals surface area contributed by atoms with Crippen LogP contribution in [0.25, 0.3) is 0 Å². The summed E-state index contributed by atoms with van der Waals surface area (Å²) in [4.78, 5) is 0. The van der Waals surface area contributed by atoms with Gasteiger partial charge in [0.25, 0.3) is 0 Å². The number of ether oxygens (including phenoxy) is 1. The summed E-state index contributed by atoms with van der Waals surface area (Å²) < 4.78 is 41.6. The van der Waals surface area contributed by atoms with Crippen LogP contribution in [0.3, 0.4) is 0 Å². The molecule has 0 aromatic rings. The summed E-state index contributed by atoms with van der Waals surface area (Å²) in [6.45, 7) is 8.04. The van der Waals surface area contributed by atoms with Gasteiger partial charge in [-0.25, -0.2) is 4.18 Å². The van der Waals surface area contributed by atoms with Crippen LogP contribution in [0.2, 0.25) is 0 Å². The zero-order valence-electron chi connectivity index (χ0n) is 16.0. The molecule has 3 fully saturated rings. The Bertz CT molecular complexity index is 591. The Morgan fingerprint density at radius 2 is 1.84 bits per heavy atom. The number of fused-ring (bicyclic) bond motifs is 3. The van der Waals surface area contributed by atoms with Gasteiger partial charge < -0.3 is 4.74 Å². The van der Waals surface area contributed by atoms with Gasteiger partial charge in [0.1, 0.15) is 0 Å². The first-order chi connectivity index (χ1) is 11.6. The quantitative estimate of drug-likeness (QED) is 0.750. The molecule has 3 aliphatic rings. The van der Waals surface area contributed by atoms with Gasteiger partial charge in [-0.05, 0) is 79.4 Å². The summed E-state index contributed by atoms with van der Waals surface area (Å²) in [6, 6.07) is 0. The number of hydrogen-bond donors (Lipinski definition) is 1. The van der Waals surface area contributed by atoms with E-state index < -0.39 is 10.4 Å². The van der Waals surface area contributed by atoms with Crippen molar-refractivity contribution in [3.05, 3.63) is 0 Å². The molecular formula is C19H34O5S. The van der Waals surface area contributed by atoms with E-state index >= 15 is 0 Å². The molecule has 0 aliphatic heterocycles. The maximum atomic E-state index is 11.1. The Morgan fingerprint density at radius 3 is 2.48 bits per heavy atom. The standard InChI is InChI=1S/C19H34O5S/c1-13-16-6-5-14-11-15(24-25(20,21)22)7-10-19(14,3)17(16)8-9-18(13,2)12-23-4/h13-17H,5-12H2,1-4H3,(H,20,21,22)/t13-,14+,15+,16-,17-,18+,19-/m0/s1. The van der Waals surface area contributed by atoms with Gasteiger partial charge in [0.2, 0.25) is 0 Å². The Morgan fingerprint density at radius 1 is 1.12 bits per heavy atom. The van der Waals surface area contributed by atoms with Gasteiger partial charge in [0.05, 0.1) is 12.7 Å². The Hall–Kier alpha value is -0.170. The third kappa shape index (κ3) is 3.64. The molecule has 146 valence electrons. The maximum absolute atomic E-state index is 11.1. The lowest BCUT2D eigenvalue weighted by atomic mass is 9.45. The van der Waals surface area contributed by atoms with Gasteiger partial charge in [0, 0.05) is 7.11 Å². The lowest BCUT2D eigenvalue weighted by molar-refractivity contribution is -0.132. The van der Waals surface area contributed by atoms with E-state index in [1.165, 1.54) is 19.3 Å². The van der Waals surface area contributed by atoms with Gasteiger partial charge in [-0.1, -0.05) is 20.8 Å². The molecular weight excluding hydrogens is 340 g/mol. The Labute approximate surface area is 152 Å². The van der Waals surface area contributed by atoms with Crippen LogP contribution >= 0.6 is 0 Å². The fourth-order valence-corrected chi connectivity index (χ4v) is 7.08. The third-order valence-electron chi connectivity index (χ3n) is 8.20. The van der Waals surface area contributed by atoms with Crippen molar-refractivity contribution in [2.24, 2.45) is 34.5 Å². The van der Waals surface area contributed by atoms with Crippen LogP contribution in [0.5, 0.6) is 0 Å². The fourth-order valence-electron chi connectivity index (χ4n) is 6.56. The second-order valence-electron chi connectivity index (χ2n) is 9.39. The van der Waals surface area contributed by atoms with Gasteiger partial charge in [-0.3, -0.25) is 4.55 Å². The molecule has 1 N–H and O–H groups in total. The average Bonchev–Trinajstić information content (AvgIpc) is 2.50. The van der Waals surface area contributed by atoms with Crippen LogP contribution < -0.4 is 0 Å². The topological polar surface area (TPSA) is 72.8 Å². The smallest absolute Gasteiger partial charge is 0.384 e. The lowest BCUT2D eigenvalue weighted by Gasteiger charge is -2.61. The summed E-state index contributed by atoms with van der Waals surface area (Å²) in [5.41, 5.74) is 0.537. The summed E-state index contributed by atoms with van der Waals surface area (Å²) >= 11 is 0. The summed E-state index contributed by atoms with van der Waals surface area (Å²) in [7, 11) is -2.54. The monoisotopic (exact) mass is 374 g/mol. The highest BCUT2D eigenvalue weighted by molar-refractivity contribution is 7.80. The van der Waals surface area contributed by atoms with E-state index in [2.05, 4.69) is 20.8 Å². The van der Waals surface area contributed by atoms with Crippen molar-refractivity contribution in [2.45, 2.75) is 71.8 Å². The van der Waals surface area contributed by atoms with Crippen LogP contribution in [-0.2, 0) is 19.3 Å². The maximum Gasteiger partial charge on any atom is 0.397 e. The minimum Gasteiger partial charge on any atom is -0.384 e. The molecule has 0 heterocycles. The van der Waals surface area contributed by atoms with E-state index in [9.17, 15) is 8.42 Å². The minimum atomic E-state index is -4.35. The summed E-state index contributed by atoms with van der Waals surface area (Å²) in [5, 5.41) is 0. The van der Waals surface area contributed by atoms with E-state index in [1.807, 2.05) is 0 Å². The molecule has 0 radical (unpaired) electrons. The van der Waals surface area contributed by atoms with Crippen molar-refractivity contribution in [1.29, 1.82) is 0 Å². The molecule has 0 unspecified atom stereocenters. The molecule has 0 saturated heterocycles. The summed E-state index contributed by atoms with van der Waals surface area (Å²) in [5.74, 6) is 2.58. The molecule has 0 bridgehead atoms. The zero-order chi connectivity index (χ0) is 18.5. The number of hydrogen-bond acceptors (Lipinski definition) is 4. The highest BCUT2D eigenvalue weighted by atomic mass is 32.3. The molecule has 3 rings (SSSR count). The first-order valence-electron chi connectivity index (χ1n) is 9.74. The van der Waals surface area contributed by atoms with Crippen LogP contribution in [0, 0.1) is 34.5 Å². The van der Waals surface area contributed by atoms with Crippen LogP contribution in [0.15, 0.2) is 0 Å². The van der Waals surface area contributed by atoms with Crippen molar-refractivity contribution >= 4 is 10.4 Å². The van der Waals surface area contributed by atoms with Gasteiger partial charge in [-0.2, -0.15) is 8.42 Å². The van der Waals surface area contributed by atoms with Crippen molar-refractivity contribution in [2.75, 3.05) is 13.7 Å². The molecule has 0 spiro atoms. The van der Waals surface area contributed by atoms with E-state index in [-0.39, 0.29) is 16.9 Å². The van der Waals surface area contributed by atoms with Crippen LogP contribution in [0.4, 0.5) is 0 Å². The molecule has 0 aromatic carbocycles. The molecule has 0 amide bonds. The molecule has 7 atom stereocenters. The first kappa shape index (κ1) is 19.6. The second-order valence-corrected chi connectivity index (χ2v) is 10.4. The van der Waals surface area contributed by atoms with Crippen LogP contribution in [0.1, 0.15) is 65.7 Å². The normalized spacial score (nSPS) is 47.8. The second kappa shape index (κ2) is 6.77. The van der Waals surface area contributed by atoms with Gasteiger partial charge >= 0.3 is 10.4 Å². The molecule has 5 nitrogen and oxygen atoms in total. The van der Waals surface area contributed by atoms with Crippen molar-refractivity contribution in [1.82, 2.24) is 0 Å². The van der Waals surface area contributed by atoms with E-state index in [0.29, 0.717) is 17.8 Å². The Balaban J connectivity index is 1.74. The number of methoxy groups -OCH3 is 1. The highest BCUT2D eigenvalue weighted by Crippen LogP contribution is 2.63. The fraction of sp³-hybridized carbons (Fsp3) is 1.00. The third-order valence-corrected chi connectivity index (χ3v) is 8.71. The molecule has 25 heavy (non-hydrogen) atoms. The molecule has 6 heteroatoms. The predicted molar refractivity (Wildman–Crippen MR) is 96.5 cm³/mol. The first-order valence-corrected chi connectivity index (χ1v) is 11.1. The van der Waals surface area contributed by atoms with E-state index in [4.69, 9.17) is 13.5 Å². The largest absolute Gasteiger partial charge is 0.397 e. The van der Waals surface area contributed by atoms with E-state index in [0.717, 1.165) is 38.2 Å². The lowest BCUT2D eigenvalue weighted by Crippen LogP contribution is -2.54. The average molecular weight is 375 g/mol. The predicted octanol–water partition coefficient (Wildman–Crippen LogP) is 4.09. The number of rotatable bonds is 4. The zero-order valence-corrected chi connectivity index (χ0v) is 16.8. The minimum absolute atomic E-state index is 0.268. The molecule has 3 aliphatic carbocycles. The SMILES string of the molecule is COC[C@@]1(C)CC[C@H]2[C@@H](CC[C@@H]3C[C@H](OS(=O)(=O)O)CC[C@@]32C)[C@@H]1C. The van der Waals surface area contributed by atoms with Crippen molar-refractivity contribution in [3.8, 4) is 0 Å². The van der Waals surface area contributed by atoms with Gasteiger partial charge in [0.15, 0.2) is 0 Å². The summed E-state index contributed by atoms with van der Waals surface area (Å²) in [6.07, 6.45) is 6.91. The molecule has 3 saturated carbocycles. The Kier molecular flexibility index (Phi) is 5.30. The van der Waals surface area contributed by atoms with Gasteiger partial charge in [-0.15, -0.1) is 0 Å². The molecule has 0 aromatic heterocycles. The van der Waals surface area contributed by atoms with E-state index in [1.54, 1.807) is 7.11 Å². The van der Waals surface area contributed by atoms with Crippen molar-refractivity contribution in [3.63, 3.8) is 0 Å². The van der Waals surface area contributed by atoms with Crippen molar-refractivity contribution < 1.29 is 21.9 Å².